The molecule has 0 aliphatic rings. The van der Waals surface area contributed by atoms with Gasteiger partial charge in [-0.2, -0.15) is 5.10 Å². The van der Waals surface area contributed by atoms with Gasteiger partial charge in [0.15, 0.2) is 0 Å². The van der Waals surface area contributed by atoms with Crippen molar-refractivity contribution in [2.24, 2.45) is 0 Å². The van der Waals surface area contributed by atoms with Gasteiger partial charge in [-0.1, -0.05) is 11.3 Å². The van der Waals surface area contributed by atoms with E-state index in [1.807, 2.05) is 12.1 Å². The number of aliphatic hydroxyl groups excluding tert-OH is 1. The number of hydrogen-bond donors (Lipinski definition) is 1. The summed E-state index contributed by atoms with van der Waals surface area (Å²) in [5, 5.41) is 14.8. The van der Waals surface area contributed by atoms with E-state index in [2.05, 4.69) is 15.1 Å². The van der Waals surface area contributed by atoms with E-state index in [1.54, 1.807) is 24.0 Å². The highest BCUT2D eigenvalue weighted by molar-refractivity contribution is 7.16. The van der Waals surface area contributed by atoms with Gasteiger partial charge in [0.2, 0.25) is 4.96 Å². The number of aromatic nitrogens is 4. The predicted octanol–water partition coefficient (Wildman–Crippen LogP) is 1.49. The van der Waals surface area contributed by atoms with Crippen molar-refractivity contribution in [3.63, 3.8) is 0 Å². The molecule has 98 valence electrons. The van der Waals surface area contributed by atoms with Crippen molar-refractivity contribution in [1.29, 1.82) is 0 Å². The van der Waals surface area contributed by atoms with Crippen molar-refractivity contribution in [1.82, 2.24) is 19.6 Å². The Morgan fingerprint density at radius 3 is 2.84 bits per heavy atom. The van der Waals surface area contributed by atoms with Crippen molar-refractivity contribution in [3.8, 4) is 11.3 Å². The SMILES string of the molecule is COCc1nn2c(CO)c(-c3ccncc3)nc2s1. The maximum absolute atomic E-state index is 9.56. The maximum atomic E-state index is 9.56. The van der Waals surface area contributed by atoms with Crippen molar-refractivity contribution < 1.29 is 9.84 Å². The maximum Gasteiger partial charge on any atom is 0.213 e. The zero-order valence-electron chi connectivity index (χ0n) is 10.3. The van der Waals surface area contributed by atoms with Gasteiger partial charge in [0.05, 0.1) is 24.6 Å². The Balaban J connectivity index is 2.13. The molecule has 3 rings (SSSR count). The first-order valence-corrected chi connectivity index (χ1v) is 6.52. The summed E-state index contributed by atoms with van der Waals surface area (Å²) in [6, 6.07) is 3.73. The molecule has 0 atom stereocenters. The van der Waals surface area contributed by atoms with Crippen molar-refractivity contribution in [2.75, 3.05) is 7.11 Å². The number of rotatable bonds is 4. The standard InChI is InChI=1S/C12H12N4O2S/c1-18-7-10-15-16-9(6-17)11(14-12(16)19-10)8-2-4-13-5-3-8/h2-5,17H,6-7H2,1H3. The molecule has 3 aromatic heterocycles. The Bertz CT molecular complexity index is 692. The lowest BCUT2D eigenvalue weighted by molar-refractivity contribution is 0.183. The quantitative estimate of drug-likeness (QED) is 0.781. The van der Waals surface area contributed by atoms with Crippen molar-refractivity contribution in [2.45, 2.75) is 13.2 Å². The van der Waals surface area contributed by atoms with Crippen LogP contribution in [0.3, 0.4) is 0 Å². The number of aliphatic hydroxyl groups is 1. The van der Waals surface area contributed by atoms with Crippen LogP contribution in [0.1, 0.15) is 10.7 Å². The van der Waals surface area contributed by atoms with Crippen LogP contribution >= 0.6 is 11.3 Å². The third-order valence-electron chi connectivity index (χ3n) is 2.71. The number of ether oxygens (including phenoxy) is 1. The van der Waals surface area contributed by atoms with E-state index in [9.17, 15) is 5.11 Å². The molecule has 0 unspecified atom stereocenters. The topological polar surface area (TPSA) is 72.5 Å². The number of methoxy groups -OCH3 is 1. The summed E-state index contributed by atoms with van der Waals surface area (Å²) in [6.45, 7) is 0.332. The van der Waals surface area contributed by atoms with Crippen LogP contribution in [0.2, 0.25) is 0 Å². The Kier molecular flexibility index (Phi) is 3.24. The van der Waals surface area contributed by atoms with Crippen molar-refractivity contribution >= 4 is 16.3 Å². The summed E-state index contributed by atoms with van der Waals surface area (Å²) in [4.78, 5) is 9.26. The highest BCUT2D eigenvalue weighted by Gasteiger charge is 2.17. The molecule has 0 fully saturated rings. The van der Waals surface area contributed by atoms with Crippen LogP contribution in [-0.4, -0.2) is 31.8 Å². The third kappa shape index (κ3) is 2.12. The Morgan fingerprint density at radius 1 is 1.37 bits per heavy atom. The molecule has 6 nitrogen and oxygen atoms in total. The van der Waals surface area contributed by atoms with Crippen LogP contribution in [-0.2, 0) is 18.0 Å². The normalized spacial score (nSPS) is 11.3. The molecule has 0 saturated heterocycles. The molecule has 7 heteroatoms. The highest BCUT2D eigenvalue weighted by atomic mass is 32.1. The molecule has 0 spiro atoms. The second-order valence-corrected chi connectivity index (χ2v) is 4.96. The molecule has 0 aliphatic heterocycles. The molecule has 1 N–H and O–H groups in total. The fourth-order valence-corrected chi connectivity index (χ4v) is 2.78. The van der Waals surface area contributed by atoms with E-state index in [0.717, 1.165) is 21.2 Å². The van der Waals surface area contributed by atoms with Crippen LogP contribution in [0.15, 0.2) is 24.5 Å². The smallest absolute Gasteiger partial charge is 0.213 e. The molecule has 0 bridgehead atoms. The summed E-state index contributed by atoms with van der Waals surface area (Å²) in [7, 11) is 1.62. The average Bonchev–Trinajstić information content (AvgIpc) is 2.96. The number of nitrogens with zero attached hydrogens (tertiary/aromatic N) is 4. The fourth-order valence-electron chi connectivity index (χ4n) is 1.89. The summed E-state index contributed by atoms with van der Waals surface area (Å²) in [5.74, 6) is 0. The minimum absolute atomic E-state index is 0.116. The Hall–Kier alpha value is -1.83. The Morgan fingerprint density at radius 2 is 2.16 bits per heavy atom. The summed E-state index contributed by atoms with van der Waals surface area (Å²) in [6.07, 6.45) is 3.40. The minimum atomic E-state index is -0.116. The lowest BCUT2D eigenvalue weighted by Crippen LogP contribution is -1.97. The molecule has 0 radical (unpaired) electrons. The lowest BCUT2D eigenvalue weighted by atomic mass is 10.1. The van der Waals surface area contributed by atoms with E-state index >= 15 is 0 Å². The summed E-state index contributed by atoms with van der Waals surface area (Å²) < 4.78 is 6.73. The van der Waals surface area contributed by atoms with Gasteiger partial charge in [0.25, 0.3) is 0 Å². The second-order valence-electron chi connectivity index (χ2n) is 3.92. The van der Waals surface area contributed by atoms with Gasteiger partial charge < -0.3 is 9.84 Å². The largest absolute Gasteiger partial charge is 0.390 e. The predicted molar refractivity (Wildman–Crippen MR) is 70.7 cm³/mol. The van der Waals surface area contributed by atoms with Gasteiger partial charge in [-0.15, -0.1) is 0 Å². The first-order valence-electron chi connectivity index (χ1n) is 5.71. The van der Waals surface area contributed by atoms with Crippen LogP contribution in [0.5, 0.6) is 0 Å². The zero-order chi connectivity index (χ0) is 13.2. The van der Waals surface area contributed by atoms with Crippen LogP contribution in [0.25, 0.3) is 16.2 Å². The molecular formula is C12H12N4O2S. The van der Waals surface area contributed by atoms with E-state index < -0.39 is 0 Å². The second kappa shape index (κ2) is 5.04. The highest BCUT2D eigenvalue weighted by Crippen LogP contribution is 2.26. The Labute approximate surface area is 113 Å². The van der Waals surface area contributed by atoms with Gasteiger partial charge in [-0.25, -0.2) is 9.50 Å². The molecule has 0 amide bonds. The van der Waals surface area contributed by atoms with E-state index in [4.69, 9.17) is 4.74 Å². The minimum Gasteiger partial charge on any atom is -0.390 e. The number of imidazole rings is 1. The van der Waals surface area contributed by atoms with Gasteiger partial charge in [0, 0.05) is 25.1 Å². The van der Waals surface area contributed by atoms with Gasteiger partial charge in [0.1, 0.15) is 5.01 Å². The molecular weight excluding hydrogens is 264 g/mol. The van der Waals surface area contributed by atoms with Crippen molar-refractivity contribution in [3.05, 3.63) is 35.2 Å². The molecule has 0 aliphatic carbocycles. The van der Waals surface area contributed by atoms with E-state index in [-0.39, 0.29) is 6.61 Å². The summed E-state index contributed by atoms with van der Waals surface area (Å²) in [5.41, 5.74) is 2.34. The average molecular weight is 276 g/mol. The summed E-state index contributed by atoms with van der Waals surface area (Å²) >= 11 is 1.46. The lowest BCUT2D eigenvalue weighted by Gasteiger charge is -1.99. The third-order valence-corrected chi connectivity index (χ3v) is 3.59. The fraction of sp³-hybridized carbons (Fsp3) is 0.250. The van der Waals surface area contributed by atoms with Gasteiger partial charge >= 0.3 is 0 Å². The number of fused-ring (bicyclic) bond motifs is 1. The van der Waals surface area contributed by atoms with Crippen LogP contribution in [0, 0.1) is 0 Å². The first kappa shape index (κ1) is 12.2. The zero-order valence-corrected chi connectivity index (χ0v) is 11.1. The van der Waals surface area contributed by atoms with Crippen LogP contribution < -0.4 is 0 Å². The molecule has 3 heterocycles. The monoisotopic (exact) mass is 276 g/mol. The molecule has 3 aromatic rings. The van der Waals surface area contributed by atoms with Crippen LogP contribution in [0.4, 0.5) is 0 Å². The van der Waals surface area contributed by atoms with E-state index in [0.29, 0.717) is 12.3 Å². The molecule has 19 heavy (non-hydrogen) atoms. The first-order chi connectivity index (χ1) is 9.33. The molecule has 0 aromatic carbocycles. The van der Waals surface area contributed by atoms with Gasteiger partial charge in [-0.3, -0.25) is 4.98 Å². The van der Waals surface area contributed by atoms with E-state index in [1.165, 1.54) is 11.3 Å². The molecule has 0 saturated carbocycles. The van der Waals surface area contributed by atoms with Gasteiger partial charge in [-0.05, 0) is 12.1 Å². The number of pyridine rings is 1. The number of hydrogen-bond acceptors (Lipinski definition) is 6.